The maximum absolute atomic E-state index is 13.7. The predicted octanol–water partition coefficient (Wildman–Crippen LogP) is 5.36. The Hall–Kier alpha value is -4.23. The van der Waals surface area contributed by atoms with E-state index in [0.717, 1.165) is 40.6 Å². The molecule has 192 valence electrons. The van der Waals surface area contributed by atoms with Crippen LogP contribution in [0.3, 0.4) is 0 Å². The van der Waals surface area contributed by atoms with Gasteiger partial charge in [0.2, 0.25) is 5.91 Å². The van der Waals surface area contributed by atoms with Crippen LogP contribution in [0.5, 0.6) is 0 Å². The van der Waals surface area contributed by atoms with E-state index in [1.54, 1.807) is 18.2 Å². The number of aromatic nitrogens is 1. The normalized spacial score (nSPS) is 16.6. The molecule has 6 rings (SSSR count). The van der Waals surface area contributed by atoms with Crippen molar-refractivity contribution in [3.05, 3.63) is 106 Å². The first-order valence-electron chi connectivity index (χ1n) is 12.6. The van der Waals surface area contributed by atoms with E-state index in [2.05, 4.69) is 10.3 Å². The molecule has 3 heterocycles. The Morgan fingerprint density at radius 1 is 1.08 bits per heavy atom. The van der Waals surface area contributed by atoms with E-state index < -0.39 is 0 Å². The quantitative estimate of drug-likeness (QED) is 0.305. The fraction of sp³-hybridized carbons (Fsp3) is 0.200. The summed E-state index contributed by atoms with van der Waals surface area (Å²) < 4.78 is 5.36. The Morgan fingerprint density at radius 3 is 2.61 bits per heavy atom. The zero-order valence-electron chi connectivity index (χ0n) is 20.7. The van der Waals surface area contributed by atoms with E-state index in [1.165, 1.54) is 5.56 Å². The van der Waals surface area contributed by atoms with Gasteiger partial charge in [0.25, 0.3) is 5.91 Å². The van der Waals surface area contributed by atoms with Crippen LogP contribution < -0.4 is 11.1 Å². The lowest BCUT2D eigenvalue weighted by molar-refractivity contribution is -0.132. The van der Waals surface area contributed by atoms with Gasteiger partial charge < -0.3 is 25.7 Å². The number of amides is 2. The zero-order valence-corrected chi connectivity index (χ0v) is 21.4. The number of benzene rings is 3. The van der Waals surface area contributed by atoms with Crippen molar-refractivity contribution in [2.45, 2.75) is 25.3 Å². The number of fused-ring (bicyclic) bond motifs is 3. The minimum atomic E-state index is -0.308. The summed E-state index contributed by atoms with van der Waals surface area (Å²) in [6, 6.07) is 20.6. The number of nitrogen functional groups attached to an aromatic ring is 1. The second-order valence-electron chi connectivity index (χ2n) is 9.65. The molecule has 2 aliphatic rings. The number of nitrogens with one attached hydrogen (secondary N) is 2. The maximum atomic E-state index is 13.7. The van der Waals surface area contributed by atoms with Gasteiger partial charge in [0.05, 0.1) is 19.1 Å². The number of rotatable bonds is 5. The highest BCUT2D eigenvalue weighted by atomic mass is 35.5. The van der Waals surface area contributed by atoms with Crippen molar-refractivity contribution in [1.29, 1.82) is 0 Å². The van der Waals surface area contributed by atoms with Gasteiger partial charge in [-0.15, -0.1) is 0 Å². The van der Waals surface area contributed by atoms with Gasteiger partial charge in [-0.3, -0.25) is 9.59 Å². The van der Waals surface area contributed by atoms with Crippen LogP contribution in [0.25, 0.3) is 10.9 Å². The Bertz CT molecular complexity index is 1560. The van der Waals surface area contributed by atoms with Crippen molar-refractivity contribution in [1.82, 2.24) is 9.88 Å². The van der Waals surface area contributed by atoms with Crippen LogP contribution in [0, 0.1) is 0 Å². The fourth-order valence-corrected chi connectivity index (χ4v) is 5.44. The highest BCUT2D eigenvalue weighted by Gasteiger charge is 2.34. The summed E-state index contributed by atoms with van der Waals surface area (Å²) in [4.78, 5) is 31.6. The van der Waals surface area contributed by atoms with E-state index in [1.807, 2.05) is 59.5 Å². The highest BCUT2D eigenvalue weighted by molar-refractivity contribution is 6.30. The lowest BCUT2D eigenvalue weighted by atomic mass is 9.91. The number of nitrogens with two attached hydrogens (primary N) is 1. The topological polar surface area (TPSA) is 100 Å². The molecular formula is C30H27ClN4O3. The number of hydrogen-bond donors (Lipinski definition) is 3. The Labute approximate surface area is 225 Å². The largest absolute Gasteiger partial charge is 0.488 e. The molecule has 1 atom stereocenters. The molecule has 0 bridgehead atoms. The van der Waals surface area contributed by atoms with E-state index in [4.69, 9.17) is 22.1 Å². The molecule has 8 heteroatoms. The van der Waals surface area contributed by atoms with Crippen molar-refractivity contribution < 1.29 is 14.3 Å². The molecule has 38 heavy (non-hydrogen) atoms. The van der Waals surface area contributed by atoms with Crippen LogP contribution in [-0.4, -0.2) is 34.8 Å². The number of nitrogens with zero attached hydrogens (tertiary/aromatic N) is 1. The summed E-state index contributed by atoms with van der Waals surface area (Å²) in [6.07, 6.45) is 3.53. The first kappa shape index (κ1) is 24.1. The van der Waals surface area contributed by atoms with Gasteiger partial charge in [-0.1, -0.05) is 35.9 Å². The summed E-state index contributed by atoms with van der Waals surface area (Å²) in [5, 5.41) is 4.61. The lowest BCUT2D eigenvalue weighted by Gasteiger charge is -2.36. The van der Waals surface area contributed by atoms with Crippen molar-refractivity contribution in [3.8, 4) is 0 Å². The number of hydrogen-bond acceptors (Lipinski definition) is 4. The summed E-state index contributed by atoms with van der Waals surface area (Å²) in [5.74, 6) is 0.120. The van der Waals surface area contributed by atoms with Crippen LogP contribution in [0.2, 0.25) is 5.02 Å². The van der Waals surface area contributed by atoms with Gasteiger partial charge in [0.1, 0.15) is 0 Å². The zero-order chi connectivity index (χ0) is 26.2. The average Bonchev–Trinajstić information content (AvgIpc) is 3.58. The molecule has 1 unspecified atom stereocenters. The first-order valence-corrected chi connectivity index (χ1v) is 13.0. The molecule has 0 spiro atoms. The predicted molar refractivity (Wildman–Crippen MR) is 149 cm³/mol. The molecule has 2 aliphatic heterocycles. The van der Waals surface area contributed by atoms with Crippen molar-refractivity contribution in [2.75, 3.05) is 24.2 Å². The molecule has 3 aromatic carbocycles. The number of carbonyl (C=O) groups is 2. The minimum absolute atomic E-state index is 0.0313. The molecule has 0 saturated heterocycles. The lowest BCUT2D eigenvalue weighted by Crippen LogP contribution is -2.41. The second-order valence-corrected chi connectivity index (χ2v) is 10.1. The number of carbonyl (C=O) groups excluding carboxylic acids is 2. The third-order valence-corrected chi connectivity index (χ3v) is 7.41. The smallest absolute Gasteiger partial charge is 0.290 e. The van der Waals surface area contributed by atoms with Gasteiger partial charge >= 0.3 is 0 Å². The van der Waals surface area contributed by atoms with Gasteiger partial charge in [0, 0.05) is 46.0 Å². The van der Waals surface area contributed by atoms with Crippen LogP contribution in [0.15, 0.2) is 78.6 Å². The van der Waals surface area contributed by atoms with E-state index in [-0.39, 0.29) is 24.3 Å². The van der Waals surface area contributed by atoms with Crippen LogP contribution in [-0.2, 0) is 27.2 Å². The van der Waals surface area contributed by atoms with Gasteiger partial charge in [-0.2, -0.15) is 0 Å². The number of anilines is 2. The third kappa shape index (κ3) is 4.61. The molecule has 0 saturated carbocycles. The Kier molecular flexibility index (Phi) is 6.29. The minimum Gasteiger partial charge on any atom is -0.488 e. The number of halogens is 1. The standard InChI is InChI=1S/C30H27ClN4O3/c31-20-7-3-18(4-8-20)16-27(36)35-14-13-23-24-17-21(32)9-12-25(24)34-28(23)29(35)19-5-10-22(11-6-19)33-30(37)26-2-1-15-38-26/h2-12,17,29,34H,1,13-16,32H2,(H,33,37). The molecule has 0 fully saturated rings. The summed E-state index contributed by atoms with van der Waals surface area (Å²) in [7, 11) is 0. The fourth-order valence-electron chi connectivity index (χ4n) is 5.32. The Morgan fingerprint density at radius 2 is 1.87 bits per heavy atom. The third-order valence-electron chi connectivity index (χ3n) is 7.15. The molecule has 1 aromatic heterocycles. The maximum Gasteiger partial charge on any atom is 0.290 e. The molecule has 4 N–H and O–H groups in total. The van der Waals surface area contributed by atoms with Gasteiger partial charge in [0.15, 0.2) is 5.76 Å². The van der Waals surface area contributed by atoms with Crippen molar-refractivity contribution in [3.63, 3.8) is 0 Å². The average molecular weight is 527 g/mol. The van der Waals surface area contributed by atoms with Crippen molar-refractivity contribution in [2.24, 2.45) is 0 Å². The number of aromatic amines is 1. The second kappa shape index (κ2) is 9.91. The molecular weight excluding hydrogens is 500 g/mol. The van der Waals surface area contributed by atoms with Gasteiger partial charge in [-0.25, -0.2) is 0 Å². The van der Waals surface area contributed by atoms with Crippen LogP contribution in [0.1, 0.15) is 34.8 Å². The highest BCUT2D eigenvalue weighted by Crippen LogP contribution is 2.39. The van der Waals surface area contributed by atoms with Crippen molar-refractivity contribution >= 4 is 45.7 Å². The summed E-state index contributed by atoms with van der Waals surface area (Å²) in [6.45, 7) is 1.11. The van der Waals surface area contributed by atoms with E-state index >= 15 is 0 Å². The summed E-state index contributed by atoms with van der Waals surface area (Å²) >= 11 is 6.04. The van der Waals surface area contributed by atoms with E-state index in [9.17, 15) is 9.59 Å². The van der Waals surface area contributed by atoms with Gasteiger partial charge in [-0.05, 0) is 71.7 Å². The molecule has 0 aliphatic carbocycles. The summed E-state index contributed by atoms with van der Waals surface area (Å²) in [5.41, 5.74) is 12.5. The molecule has 0 radical (unpaired) electrons. The van der Waals surface area contributed by atoms with E-state index in [0.29, 0.717) is 35.3 Å². The molecule has 4 aromatic rings. The van der Waals surface area contributed by atoms with Crippen LogP contribution >= 0.6 is 11.6 Å². The first-order chi connectivity index (χ1) is 18.5. The number of H-pyrrole nitrogens is 1. The number of ether oxygens (including phenoxy) is 1. The monoisotopic (exact) mass is 526 g/mol. The van der Waals surface area contributed by atoms with Crippen LogP contribution in [0.4, 0.5) is 11.4 Å². The Balaban J connectivity index is 1.34. The molecule has 2 amide bonds. The molecule has 7 nitrogen and oxygen atoms in total. The SMILES string of the molecule is Nc1ccc2[nH]c3c(c2c1)CCN(C(=O)Cc1ccc(Cl)cc1)C3c1ccc(NC(=O)C2=CCCO2)cc1.